The maximum atomic E-state index is 14.4. The summed E-state index contributed by atoms with van der Waals surface area (Å²) in [6.45, 7) is 18.6. The summed E-state index contributed by atoms with van der Waals surface area (Å²) >= 11 is 0. The lowest BCUT2D eigenvalue weighted by Crippen LogP contribution is -2.68. The number of Topliss-reactive ketones (excluding diaryl/α,β-unsaturated/α-hetero) is 1. The number of ether oxygens (including phenoxy) is 6. The van der Waals surface area contributed by atoms with Crippen molar-refractivity contribution >= 4 is 11.8 Å². The Balaban J connectivity index is 1.05. The number of aliphatic hydroxyl groups excluding tert-OH is 8. The zero-order valence-electron chi connectivity index (χ0n) is 38.7. The fourth-order valence-corrected chi connectivity index (χ4v) is 14.7. The van der Waals surface area contributed by atoms with E-state index in [0.717, 1.165) is 32.1 Å². The van der Waals surface area contributed by atoms with E-state index in [-0.39, 0.29) is 39.8 Å². The molecule has 3 heterocycles. The maximum Gasteiger partial charge on any atom is 0.335 e. The first-order valence-corrected chi connectivity index (χ1v) is 23.4. The van der Waals surface area contributed by atoms with E-state index in [4.69, 9.17) is 28.4 Å². The summed E-state index contributed by atoms with van der Waals surface area (Å²) in [6, 6.07) is 0. The third-order valence-corrected chi connectivity index (χ3v) is 18.8. The lowest BCUT2D eigenvalue weighted by Gasteiger charge is -2.71. The second-order valence-corrected chi connectivity index (χ2v) is 23.2. The molecule has 17 heteroatoms. The summed E-state index contributed by atoms with van der Waals surface area (Å²) < 4.78 is 36.1. The summed E-state index contributed by atoms with van der Waals surface area (Å²) in [7, 11) is 0. The van der Waals surface area contributed by atoms with Crippen LogP contribution in [0.1, 0.15) is 114 Å². The zero-order chi connectivity index (χ0) is 47.0. The average Bonchev–Trinajstić information content (AvgIpc) is 3.20. The minimum atomic E-state index is -1.99. The molecule has 0 aromatic heterocycles. The number of aliphatic carboxylic acids is 1. The van der Waals surface area contributed by atoms with Crippen molar-refractivity contribution in [1.29, 1.82) is 0 Å². The highest BCUT2D eigenvalue weighted by Gasteiger charge is 2.71. The highest BCUT2D eigenvalue weighted by molar-refractivity contribution is 5.89. The predicted octanol–water partition coefficient (Wildman–Crippen LogP) is 1.55. The van der Waals surface area contributed by atoms with Gasteiger partial charge in [0.15, 0.2) is 25.0 Å². The van der Waals surface area contributed by atoms with Gasteiger partial charge in [0, 0.05) is 11.8 Å². The lowest BCUT2D eigenvalue weighted by atomic mass is 9.33. The van der Waals surface area contributed by atoms with E-state index in [1.165, 1.54) is 12.5 Å². The van der Waals surface area contributed by atoms with Crippen LogP contribution in [0.3, 0.4) is 0 Å². The smallest absolute Gasteiger partial charge is 0.335 e. The molecule has 8 aliphatic rings. The van der Waals surface area contributed by atoms with Gasteiger partial charge < -0.3 is 74.4 Å². The van der Waals surface area contributed by atoms with Gasteiger partial charge >= 0.3 is 5.97 Å². The topological polar surface area (TPSA) is 272 Å². The summed E-state index contributed by atoms with van der Waals surface area (Å²) in [5, 5.41) is 97.2. The first kappa shape index (κ1) is 48.8. The van der Waals surface area contributed by atoms with E-state index >= 15 is 0 Å². The molecular weight excluding hydrogens is 837 g/mol. The minimum absolute atomic E-state index is 0.0393. The van der Waals surface area contributed by atoms with Gasteiger partial charge in [0.1, 0.15) is 60.7 Å². The molecule has 9 N–H and O–H groups in total. The van der Waals surface area contributed by atoms with Crippen molar-refractivity contribution in [2.24, 2.45) is 50.2 Å². The van der Waals surface area contributed by atoms with Gasteiger partial charge in [-0.3, -0.25) is 4.79 Å². The molecule has 5 aliphatic carbocycles. The van der Waals surface area contributed by atoms with Crippen LogP contribution in [0.25, 0.3) is 0 Å². The normalized spacial score (nSPS) is 54.7. The molecular formula is C47H74O17. The van der Waals surface area contributed by atoms with Gasteiger partial charge in [-0.25, -0.2) is 4.79 Å². The van der Waals surface area contributed by atoms with Gasteiger partial charge in [-0.2, -0.15) is 0 Å². The van der Waals surface area contributed by atoms with E-state index < -0.39 is 127 Å². The van der Waals surface area contributed by atoms with E-state index in [0.29, 0.717) is 19.3 Å². The number of carbonyl (C=O) groups is 2. The summed E-state index contributed by atoms with van der Waals surface area (Å²) in [5.74, 6) is -1.12. The van der Waals surface area contributed by atoms with Crippen LogP contribution in [-0.4, -0.2) is 163 Å². The molecule has 0 spiro atoms. The number of hydrogen-bond acceptors (Lipinski definition) is 16. The lowest BCUT2D eigenvalue weighted by molar-refractivity contribution is -0.386. The molecule has 0 amide bonds. The third-order valence-electron chi connectivity index (χ3n) is 18.8. The number of carboxylic acid groups (broad SMARTS) is 1. The first-order chi connectivity index (χ1) is 29.6. The molecule has 17 nitrogen and oxygen atoms in total. The van der Waals surface area contributed by atoms with Crippen LogP contribution in [0.4, 0.5) is 0 Å². The molecule has 3 saturated heterocycles. The highest BCUT2D eigenvalue weighted by Crippen LogP contribution is 2.75. The van der Waals surface area contributed by atoms with Crippen molar-refractivity contribution in [3.8, 4) is 0 Å². The SMILES string of the molecule is CC1OC(OC2C(OC3C(OC4CCC5(C)C(CCC6(C)C5CC=C5C7CC(C)(C)CC(O)C7(C)C(=O)CC56C)C4(C)C)OC(C(=O)O)C(O)C3O)OCC(O)C2O)C(O)C(O)C1O. The van der Waals surface area contributed by atoms with E-state index in [9.17, 15) is 55.5 Å². The average molecular weight is 911 g/mol. The highest BCUT2D eigenvalue weighted by atomic mass is 16.8. The minimum Gasteiger partial charge on any atom is -0.479 e. The molecule has 3 aliphatic heterocycles. The Hall–Kier alpha value is -1.68. The predicted molar refractivity (Wildman–Crippen MR) is 224 cm³/mol. The molecule has 4 saturated carbocycles. The number of carbonyl (C=O) groups excluding carboxylic acids is 1. The number of fused-ring (bicyclic) bond motifs is 7. The number of aliphatic hydroxyl groups is 8. The Bertz CT molecular complexity index is 1820. The van der Waals surface area contributed by atoms with E-state index in [1.54, 1.807) is 0 Å². The maximum absolute atomic E-state index is 14.4. The number of ketones is 1. The van der Waals surface area contributed by atoms with Crippen LogP contribution in [0.15, 0.2) is 11.6 Å². The molecule has 23 unspecified atom stereocenters. The van der Waals surface area contributed by atoms with Crippen LogP contribution < -0.4 is 0 Å². The van der Waals surface area contributed by atoms with Crippen LogP contribution in [-0.2, 0) is 38.0 Å². The van der Waals surface area contributed by atoms with Gasteiger partial charge in [-0.05, 0) is 98.2 Å². The number of rotatable bonds is 7. The summed E-state index contributed by atoms with van der Waals surface area (Å²) in [6.07, 6.45) is -16.4. The van der Waals surface area contributed by atoms with Crippen molar-refractivity contribution in [1.82, 2.24) is 0 Å². The van der Waals surface area contributed by atoms with Crippen molar-refractivity contribution < 1.29 is 84.0 Å². The monoisotopic (exact) mass is 910 g/mol. The van der Waals surface area contributed by atoms with Crippen molar-refractivity contribution in [2.75, 3.05) is 6.61 Å². The molecule has 64 heavy (non-hydrogen) atoms. The van der Waals surface area contributed by atoms with Crippen LogP contribution in [0.2, 0.25) is 0 Å². The van der Waals surface area contributed by atoms with Crippen molar-refractivity contribution in [3.63, 3.8) is 0 Å². The fraction of sp³-hybridized carbons (Fsp3) is 0.915. The van der Waals surface area contributed by atoms with Gasteiger partial charge in [0.05, 0.1) is 30.3 Å². The van der Waals surface area contributed by atoms with E-state index in [1.807, 2.05) is 6.92 Å². The molecule has 23 atom stereocenters. The van der Waals surface area contributed by atoms with Gasteiger partial charge in [-0.1, -0.05) is 60.1 Å². The summed E-state index contributed by atoms with van der Waals surface area (Å²) in [5.41, 5.74) is -0.974. The Morgan fingerprint density at radius 3 is 2.05 bits per heavy atom. The largest absolute Gasteiger partial charge is 0.479 e. The standard InChI is InChI=1S/C47H74O17/c1-20-29(51)31(53)34(56)39(60-20)63-36-30(52)23(48)19-59-40(36)64-37-33(55)32(54)35(38(57)58)62-41(37)61-28-13-14-44(6)24(43(28,4)5)12-15-45(7)25(44)11-10-21-22-16-42(2,3)17-26(49)47(22,9)27(50)18-46(21,45)8/h10,20,22-26,28-37,39-41,48-49,51-56H,11-19H2,1-9H3,(H,57,58). The Labute approximate surface area is 375 Å². The first-order valence-electron chi connectivity index (χ1n) is 23.4. The number of hydrogen-bond donors (Lipinski definition) is 9. The Kier molecular flexibility index (Phi) is 12.6. The Morgan fingerprint density at radius 1 is 0.719 bits per heavy atom. The molecule has 7 fully saturated rings. The fourth-order valence-electron chi connectivity index (χ4n) is 14.7. The van der Waals surface area contributed by atoms with Crippen LogP contribution in [0, 0.1) is 50.2 Å². The molecule has 8 rings (SSSR count). The van der Waals surface area contributed by atoms with Gasteiger partial charge in [-0.15, -0.1) is 0 Å². The quantitative estimate of drug-likeness (QED) is 0.130. The second kappa shape index (κ2) is 16.5. The van der Waals surface area contributed by atoms with Crippen molar-refractivity contribution in [3.05, 3.63) is 11.6 Å². The Morgan fingerprint density at radius 2 is 1.38 bits per heavy atom. The second-order valence-electron chi connectivity index (χ2n) is 23.2. The third kappa shape index (κ3) is 7.32. The van der Waals surface area contributed by atoms with Gasteiger partial charge in [0.25, 0.3) is 0 Å². The molecule has 0 bridgehead atoms. The van der Waals surface area contributed by atoms with Gasteiger partial charge in [0.2, 0.25) is 0 Å². The summed E-state index contributed by atoms with van der Waals surface area (Å²) in [4.78, 5) is 26.8. The molecule has 364 valence electrons. The van der Waals surface area contributed by atoms with Crippen molar-refractivity contribution in [2.45, 2.75) is 212 Å². The molecule has 0 aromatic carbocycles. The van der Waals surface area contributed by atoms with Crippen LogP contribution >= 0.6 is 0 Å². The zero-order valence-corrected chi connectivity index (χ0v) is 38.7. The van der Waals surface area contributed by atoms with Crippen LogP contribution in [0.5, 0.6) is 0 Å². The molecule has 0 aromatic rings. The number of allylic oxidation sites excluding steroid dienone is 2. The molecule has 0 radical (unpaired) electrons. The van der Waals surface area contributed by atoms with E-state index in [2.05, 4.69) is 54.5 Å². The number of carboxylic acids is 1.